The molecule has 170 valence electrons. The van der Waals surface area contributed by atoms with Gasteiger partial charge in [-0.3, -0.25) is 18.7 Å². The Balaban J connectivity index is 1.57. The van der Waals surface area contributed by atoms with E-state index in [0.717, 1.165) is 30.3 Å². The Morgan fingerprint density at radius 3 is 2.00 bits per heavy atom. The van der Waals surface area contributed by atoms with Crippen molar-refractivity contribution in [2.24, 2.45) is 21.1 Å². The molecule has 2 fully saturated rings. The van der Waals surface area contributed by atoms with Gasteiger partial charge in [0.2, 0.25) is 5.91 Å². The Labute approximate surface area is 186 Å². The number of amides is 1. The smallest absolute Gasteiger partial charge is 0.332 e. The topological polar surface area (TPSA) is 82.1 Å². The molecule has 0 atom stereocenters. The van der Waals surface area contributed by atoms with Crippen molar-refractivity contribution < 1.29 is 4.79 Å². The third-order valence-corrected chi connectivity index (χ3v) is 8.00. The van der Waals surface area contributed by atoms with E-state index >= 15 is 0 Å². The van der Waals surface area contributed by atoms with Crippen molar-refractivity contribution >= 4 is 28.8 Å². The van der Waals surface area contributed by atoms with Crippen LogP contribution in [0.5, 0.6) is 0 Å². The third-order valence-electron chi connectivity index (χ3n) is 6.98. The summed E-state index contributed by atoms with van der Waals surface area (Å²) in [5, 5.41) is 0.592. The molecular formula is C22H33N5O3S. The van der Waals surface area contributed by atoms with Gasteiger partial charge >= 0.3 is 5.69 Å². The summed E-state index contributed by atoms with van der Waals surface area (Å²) in [4.78, 5) is 45.0. The van der Waals surface area contributed by atoms with Crippen LogP contribution in [-0.2, 0) is 25.9 Å². The van der Waals surface area contributed by atoms with Crippen LogP contribution in [0.15, 0.2) is 14.7 Å². The monoisotopic (exact) mass is 447 g/mol. The average Bonchev–Trinajstić information content (AvgIpc) is 3.13. The van der Waals surface area contributed by atoms with Crippen LogP contribution >= 0.6 is 11.8 Å². The van der Waals surface area contributed by atoms with Crippen LogP contribution in [0.1, 0.15) is 64.2 Å². The second kappa shape index (κ2) is 9.22. The van der Waals surface area contributed by atoms with E-state index in [-0.39, 0.29) is 11.5 Å². The summed E-state index contributed by atoms with van der Waals surface area (Å²) in [7, 11) is 4.86. The van der Waals surface area contributed by atoms with Gasteiger partial charge < -0.3 is 9.47 Å². The lowest BCUT2D eigenvalue weighted by Gasteiger charge is -2.41. The van der Waals surface area contributed by atoms with Gasteiger partial charge in [-0.05, 0) is 25.7 Å². The maximum atomic E-state index is 13.4. The number of hydrogen-bond donors (Lipinski definition) is 0. The van der Waals surface area contributed by atoms with Gasteiger partial charge in [0.15, 0.2) is 16.3 Å². The fourth-order valence-electron chi connectivity index (χ4n) is 5.25. The first-order valence-corrected chi connectivity index (χ1v) is 12.4. The molecule has 2 saturated carbocycles. The number of thioether (sulfide) groups is 1. The highest BCUT2D eigenvalue weighted by Crippen LogP contribution is 2.31. The molecule has 2 aromatic rings. The van der Waals surface area contributed by atoms with Crippen LogP contribution in [0.3, 0.4) is 0 Å². The molecule has 2 heterocycles. The molecule has 8 nitrogen and oxygen atoms in total. The van der Waals surface area contributed by atoms with Crippen molar-refractivity contribution in [2.45, 2.75) is 81.4 Å². The minimum absolute atomic E-state index is 0.178. The first kappa shape index (κ1) is 22.2. The molecule has 0 unspecified atom stereocenters. The largest absolute Gasteiger partial charge is 0.336 e. The van der Waals surface area contributed by atoms with Crippen molar-refractivity contribution in [3.05, 3.63) is 20.8 Å². The Hall–Kier alpha value is -2.03. The van der Waals surface area contributed by atoms with Crippen LogP contribution in [-0.4, -0.2) is 47.3 Å². The molecule has 31 heavy (non-hydrogen) atoms. The first-order chi connectivity index (χ1) is 14.9. The second-order valence-electron chi connectivity index (χ2n) is 9.00. The molecule has 2 aliphatic carbocycles. The molecule has 9 heteroatoms. The summed E-state index contributed by atoms with van der Waals surface area (Å²) >= 11 is 1.36. The highest BCUT2D eigenvalue weighted by atomic mass is 32.2. The van der Waals surface area contributed by atoms with Crippen LogP contribution in [0, 0.1) is 0 Å². The number of fused-ring (bicyclic) bond motifs is 1. The lowest BCUT2D eigenvalue weighted by molar-refractivity contribution is -0.135. The lowest BCUT2D eigenvalue weighted by atomic mass is 9.88. The van der Waals surface area contributed by atoms with Gasteiger partial charge in [0.1, 0.15) is 0 Å². The zero-order chi connectivity index (χ0) is 22.1. The lowest BCUT2D eigenvalue weighted by Crippen LogP contribution is -2.49. The van der Waals surface area contributed by atoms with Crippen LogP contribution < -0.4 is 11.2 Å². The highest BCUT2D eigenvalue weighted by molar-refractivity contribution is 7.99. The Morgan fingerprint density at radius 1 is 0.903 bits per heavy atom. The maximum absolute atomic E-state index is 13.4. The summed E-state index contributed by atoms with van der Waals surface area (Å²) in [5.41, 5.74) is -0.0146. The molecule has 0 spiro atoms. The highest BCUT2D eigenvalue weighted by Gasteiger charge is 2.32. The molecule has 0 saturated heterocycles. The summed E-state index contributed by atoms with van der Waals surface area (Å²) in [6, 6.07) is 0.719. The second-order valence-corrected chi connectivity index (χ2v) is 9.95. The Bertz CT molecular complexity index is 1060. The molecule has 0 bridgehead atoms. The molecule has 1 amide bonds. The van der Waals surface area contributed by atoms with Gasteiger partial charge in [-0.15, -0.1) is 0 Å². The number of carbonyl (C=O) groups excluding carboxylic acids is 1. The predicted molar refractivity (Wildman–Crippen MR) is 123 cm³/mol. The van der Waals surface area contributed by atoms with Crippen LogP contribution in [0.25, 0.3) is 11.2 Å². The number of hydrogen-bond acceptors (Lipinski definition) is 5. The van der Waals surface area contributed by atoms with Gasteiger partial charge in [0.05, 0.1) is 5.75 Å². The van der Waals surface area contributed by atoms with E-state index < -0.39 is 5.69 Å². The quantitative estimate of drug-likeness (QED) is 0.658. The van der Waals surface area contributed by atoms with E-state index in [1.807, 2.05) is 0 Å². The number of nitrogens with zero attached hydrogens (tertiary/aromatic N) is 5. The third kappa shape index (κ3) is 4.21. The number of carbonyl (C=O) groups is 1. The van der Waals surface area contributed by atoms with Crippen LogP contribution in [0.2, 0.25) is 0 Å². The number of aryl methyl sites for hydroxylation is 2. The molecule has 2 aliphatic rings. The summed E-state index contributed by atoms with van der Waals surface area (Å²) < 4.78 is 4.19. The van der Waals surface area contributed by atoms with Crippen molar-refractivity contribution in [2.75, 3.05) is 5.75 Å². The zero-order valence-electron chi connectivity index (χ0n) is 18.8. The molecule has 0 aliphatic heterocycles. The Morgan fingerprint density at radius 2 is 1.45 bits per heavy atom. The van der Waals surface area contributed by atoms with Gasteiger partial charge in [-0.2, -0.15) is 0 Å². The number of rotatable bonds is 5. The molecule has 0 N–H and O–H groups in total. The minimum atomic E-state index is -0.399. The average molecular weight is 448 g/mol. The standard InChI is InChI=1S/C22H33N5O3S/c1-24-18-19(25(2)22(30)26(3)20(18)29)23-21(24)31-14-17(28)27(15-10-6-4-7-11-15)16-12-8-5-9-13-16/h15-16H,4-14H2,1-3H3. The van der Waals surface area contributed by atoms with Crippen molar-refractivity contribution in [3.8, 4) is 0 Å². The fraction of sp³-hybridized carbons (Fsp3) is 0.727. The SMILES string of the molecule is Cn1c(=O)c2c(nc(SCC(=O)N(C3CCCCC3)C3CCCCC3)n2C)n(C)c1=O. The molecule has 0 radical (unpaired) electrons. The van der Waals surface area contributed by atoms with Crippen molar-refractivity contribution in [1.29, 1.82) is 0 Å². The van der Waals surface area contributed by atoms with E-state index in [4.69, 9.17) is 0 Å². The molecule has 4 rings (SSSR count). The first-order valence-electron chi connectivity index (χ1n) is 11.5. The van der Waals surface area contributed by atoms with E-state index in [0.29, 0.717) is 34.2 Å². The van der Waals surface area contributed by atoms with Crippen LogP contribution in [0.4, 0.5) is 0 Å². The molecule has 2 aromatic heterocycles. The number of aromatic nitrogens is 4. The summed E-state index contributed by atoms with van der Waals surface area (Å²) in [6.45, 7) is 0. The van der Waals surface area contributed by atoms with Gasteiger partial charge in [0.25, 0.3) is 5.56 Å². The van der Waals surface area contributed by atoms with Gasteiger partial charge in [0, 0.05) is 33.2 Å². The van der Waals surface area contributed by atoms with Gasteiger partial charge in [-0.25, -0.2) is 9.78 Å². The molecular weight excluding hydrogens is 414 g/mol. The van der Waals surface area contributed by atoms with Crippen molar-refractivity contribution in [3.63, 3.8) is 0 Å². The Kier molecular flexibility index (Phi) is 6.60. The van der Waals surface area contributed by atoms with E-state index in [9.17, 15) is 14.4 Å². The summed E-state index contributed by atoms with van der Waals surface area (Å²) in [6.07, 6.45) is 11.8. The normalized spacial score (nSPS) is 18.5. The fourth-order valence-corrected chi connectivity index (χ4v) is 6.09. The van der Waals surface area contributed by atoms with E-state index in [1.165, 1.54) is 61.9 Å². The van der Waals surface area contributed by atoms with E-state index in [1.54, 1.807) is 18.7 Å². The predicted octanol–water partition coefficient (Wildman–Crippen LogP) is 2.56. The van der Waals surface area contributed by atoms with Crippen molar-refractivity contribution in [1.82, 2.24) is 23.6 Å². The minimum Gasteiger partial charge on any atom is -0.336 e. The van der Waals surface area contributed by atoms with Gasteiger partial charge in [-0.1, -0.05) is 50.3 Å². The zero-order valence-corrected chi connectivity index (χ0v) is 19.6. The molecule has 0 aromatic carbocycles. The maximum Gasteiger partial charge on any atom is 0.332 e. The van der Waals surface area contributed by atoms with E-state index in [2.05, 4.69) is 9.88 Å². The summed E-state index contributed by atoms with van der Waals surface area (Å²) in [5.74, 6) is 0.482. The number of imidazole rings is 1.